The molecule has 1 atom stereocenters. The molecule has 0 fully saturated rings. The highest BCUT2D eigenvalue weighted by molar-refractivity contribution is 5.96. The molecule has 0 bridgehead atoms. The highest BCUT2D eigenvalue weighted by Gasteiger charge is 2.35. The zero-order chi connectivity index (χ0) is 14.5. The van der Waals surface area contributed by atoms with E-state index in [1.165, 1.54) is 19.2 Å². The van der Waals surface area contributed by atoms with Crippen molar-refractivity contribution in [2.45, 2.75) is 32.2 Å². The van der Waals surface area contributed by atoms with Crippen molar-refractivity contribution in [3.63, 3.8) is 0 Å². The molecule has 1 rings (SSSR count). The number of hydrogen-bond acceptors (Lipinski definition) is 4. The maximum atomic E-state index is 13.0. The molecule has 0 saturated heterocycles. The summed E-state index contributed by atoms with van der Waals surface area (Å²) < 4.78 is 17.6. The normalized spacial score (nSPS) is 13.5. The molecule has 0 aliphatic carbocycles. The van der Waals surface area contributed by atoms with Gasteiger partial charge in [-0.2, -0.15) is 4.39 Å². The summed E-state index contributed by atoms with van der Waals surface area (Å²) in [6.07, 6.45) is 1.10. The number of rotatable bonds is 5. The summed E-state index contributed by atoms with van der Waals surface area (Å²) in [4.78, 5) is 27.2. The number of nitrogens with one attached hydrogen (secondary N) is 1. The van der Waals surface area contributed by atoms with E-state index in [4.69, 9.17) is 0 Å². The Hall–Kier alpha value is -1.98. The molecule has 0 spiro atoms. The average Bonchev–Trinajstić information content (AvgIpc) is 2.37. The summed E-state index contributed by atoms with van der Waals surface area (Å²) in [6, 6.07) is 3.90. The molecule has 0 aromatic carbocycles. The maximum absolute atomic E-state index is 13.0. The molecule has 0 saturated carbocycles. The summed E-state index contributed by atoms with van der Waals surface area (Å²) in [6.45, 7) is 3.45. The van der Waals surface area contributed by atoms with E-state index in [2.05, 4.69) is 15.0 Å². The van der Waals surface area contributed by atoms with E-state index in [0.717, 1.165) is 6.07 Å². The van der Waals surface area contributed by atoms with E-state index >= 15 is 0 Å². The van der Waals surface area contributed by atoms with Crippen LogP contribution in [0.1, 0.15) is 37.2 Å². The van der Waals surface area contributed by atoms with Crippen molar-refractivity contribution in [1.29, 1.82) is 0 Å². The van der Waals surface area contributed by atoms with Crippen molar-refractivity contribution in [2.24, 2.45) is 0 Å². The van der Waals surface area contributed by atoms with Gasteiger partial charge in [-0.1, -0.05) is 19.4 Å². The van der Waals surface area contributed by atoms with E-state index in [9.17, 15) is 14.0 Å². The molecular formula is C13H17FN2O3. The number of pyridine rings is 1. The predicted molar refractivity (Wildman–Crippen MR) is 67.0 cm³/mol. The van der Waals surface area contributed by atoms with Crippen LogP contribution in [0, 0.1) is 5.95 Å². The molecule has 1 aromatic rings. The average molecular weight is 268 g/mol. The number of nitrogens with zero attached hydrogens (tertiary/aromatic N) is 1. The van der Waals surface area contributed by atoms with E-state index in [1.54, 1.807) is 6.92 Å². The molecule has 5 nitrogen and oxygen atoms in total. The van der Waals surface area contributed by atoms with Gasteiger partial charge in [0.05, 0.1) is 7.11 Å². The molecule has 19 heavy (non-hydrogen) atoms. The minimum Gasteiger partial charge on any atom is -0.467 e. The monoisotopic (exact) mass is 268 g/mol. The van der Waals surface area contributed by atoms with E-state index in [0.29, 0.717) is 12.8 Å². The molecule has 1 N–H and O–H groups in total. The van der Waals surface area contributed by atoms with Gasteiger partial charge in [0.25, 0.3) is 5.91 Å². The SMILES string of the molecule is CCCC(C)(NC(=O)c1cccc(F)n1)C(=O)OC. The Morgan fingerprint density at radius 2 is 2.16 bits per heavy atom. The van der Waals surface area contributed by atoms with Crippen LogP contribution in [0.4, 0.5) is 4.39 Å². The van der Waals surface area contributed by atoms with Crippen LogP contribution in [0.2, 0.25) is 0 Å². The summed E-state index contributed by atoms with van der Waals surface area (Å²) in [5.41, 5.74) is -1.22. The van der Waals surface area contributed by atoms with E-state index < -0.39 is 23.4 Å². The molecule has 1 heterocycles. The first-order valence-electron chi connectivity index (χ1n) is 5.96. The number of halogens is 1. The molecule has 0 radical (unpaired) electrons. The Bertz CT molecular complexity index is 479. The number of esters is 1. The number of aromatic nitrogens is 1. The molecule has 1 aromatic heterocycles. The second-order valence-electron chi connectivity index (χ2n) is 4.37. The van der Waals surface area contributed by atoms with Crippen LogP contribution in [-0.2, 0) is 9.53 Å². The van der Waals surface area contributed by atoms with Crippen molar-refractivity contribution < 1.29 is 18.7 Å². The summed E-state index contributed by atoms with van der Waals surface area (Å²) in [5.74, 6) is -1.90. The number of carbonyl (C=O) groups excluding carboxylic acids is 2. The van der Waals surface area contributed by atoms with Crippen LogP contribution in [0.15, 0.2) is 18.2 Å². The van der Waals surface area contributed by atoms with Gasteiger partial charge in [0.2, 0.25) is 5.95 Å². The molecule has 1 amide bonds. The van der Waals surface area contributed by atoms with Crippen molar-refractivity contribution in [1.82, 2.24) is 10.3 Å². The standard InChI is InChI=1S/C13H17FN2O3/c1-4-8-13(2,12(18)19-3)16-11(17)9-6-5-7-10(14)15-9/h5-7H,4,8H2,1-3H3,(H,16,17). The van der Waals surface area contributed by atoms with Gasteiger partial charge in [-0.05, 0) is 25.5 Å². The summed E-state index contributed by atoms with van der Waals surface area (Å²) in [7, 11) is 1.25. The zero-order valence-corrected chi connectivity index (χ0v) is 11.2. The van der Waals surface area contributed by atoms with Gasteiger partial charge in [0, 0.05) is 0 Å². The van der Waals surface area contributed by atoms with Crippen molar-refractivity contribution in [3.8, 4) is 0 Å². The van der Waals surface area contributed by atoms with Crippen molar-refractivity contribution >= 4 is 11.9 Å². The minimum atomic E-state index is -1.14. The fraction of sp³-hybridized carbons (Fsp3) is 0.462. The molecule has 1 unspecified atom stereocenters. The van der Waals surface area contributed by atoms with Crippen molar-refractivity contribution in [3.05, 3.63) is 29.8 Å². The van der Waals surface area contributed by atoms with Crippen LogP contribution in [0.5, 0.6) is 0 Å². The van der Waals surface area contributed by atoms with Gasteiger partial charge in [-0.3, -0.25) is 4.79 Å². The van der Waals surface area contributed by atoms with E-state index in [-0.39, 0.29) is 5.69 Å². The number of ether oxygens (including phenoxy) is 1. The third-order valence-corrected chi connectivity index (χ3v) is 2.72. The smallest absolute Gasteiger partial charge is 0.331 e. The Morgan fingerprint density at radius 1 is 1.47 bits per heavy atom. The van der Waals surface area contributed by atoms with Crippen LogP contribution in [0.25, 0.3) is 0 Å². The second kappa shape index (κ2) is 6.26. The third-order valence-electron chi connectivity index (χ3n) is 2.72. The van der Waals surface area contributed by atoms with Crippen LogP contribution in [0.3, 0.4) is 0 Å². The van der Waals surface area contributed by atoms with Crippen LogP contribution >= 0.6 is 0 Å². The first-order chi connectivity index (χ1) is 8.92. The zero-order valence-electron chi connectivity index (χ0n) is 11.2. The predicted octanol–water partition coefficient (Wildman–Crippen LogP) is 1.68. The second-order valence-corrected chi connectivity index (χ2v) is 4.37. The lowest BCUT2D eigenvalue weighted by atomic mass is 9.96. The Balaban J connectivity index is 2.91. The maximum Gasteiger partial charge on any atom is 0.331 e. The largest absolute Gasteiger partial charge is 0.467 e. The number of hydrogen-bond donors (Lipinski definition) is 1. The summed E-state index contributed by atoms with van der Waals surface area (Å²) in [5, 5.41) is 2.55. The minimum absolute atomic E-state index is 0.0776. The van der Waals surface area contributed by atoms with E-state index in [1.807, 2.05) is 6.92 Å². The van der Waals surface area contributed by atoms with Gasteiger partial charge in [-0.15, -0.1) is 0 Å². The Labute approximate surface area is 111 Å². The van der Waals surface area contributed by atoms with Crippen molar-refractivity contribution in [2.75, 3.05) is 7.11 Å². The summed E-state index contributed by atoms with van der Waals surface area (Å²) >= 11 is 0. The lowest BCUT2D eigenvalue weighted by Gasteiger charge is -2.27. The number of methoxy groups -OCH3 is 1. The number of amides is 1. The Morgan fingerprint density at radius 3 is 2.68 bits per heavy atom. The van der Waals surface area contributed by atoms with Gasteiger partial charge in [0.1, 0.15) is 11.2 Å². The molecule has 0 aliphatic heterocycles. The molecule has 0 aliphatic rings. The fourth-order valence-electron chi connectivity index (χ4n) is 1.79. The van der Waals surface area contributed by atoms with Gasteiger partial charge >= 0.3 is 5.97 Å². The van der Waals surface area contributed by atoms with Crippen LogP contribution in [-0.4, -0.2) is 29.5 Å². The first-order valence-corrected chi connectivity index (χ1v) is 5.96. The van der Waals surface area contributed by atoms with Crippen LogP contribution < -0.4 is 5.32 Å². The third kappa shape index (κ3) is 3.74. The molecule has 104 valence electrons. The molecular weight excluding hydrogens is 251 g/mol. The topological polar surface area (TPSA) is 68.3 Å². The lowest BCUT2D eigenvalue weighted by molar-refractivity contribution is -0.147. The van der Waals surface area contributed by atoms with Gasteiger partial charge < -0.3 is 10.1 Å². The first kappa shape index (κ1) is 15.1. The highest BCUT2D eigenvalue weighted by Crippen LogP contribution is 2.15. The fourth-order valence-corrected chi connectivity index (χ4v) is 1.79. The van der Waals surface area contributed by atoms with Gasteiger partial charge in [-0.25, -0.2) is 9.78 Å². The quantitative estimate of drug-likeness (QED) is 0.651. The highest BCUT2D eigenvalue weighted by atomic mass is 19.1. The Kier molecular flexibility index (Phi) is 4.97. The number of carbonyl (C=O) groups is 2. The lowest BCUT2D eigenvalue weighted by Crippen LogP contribution is -2.52. The van der Waals surface area contributed by atoms with Gasteiger partial charge in [0.15, 0.2) is 0 Å². The molecule has 6 heteroatoms.